The van der Waals surface area contributed by atoms with Gasteiger partial charge >= 0.3 is 0 Å². The number of alkyl halides is 1. The van der Waals surface area contributed by atoms with E-state index < -0.39 is 4.92 Å². The van der Waals surface area contributed by atoms with Crippen LogP contribution in [0.4, 0.5) is 5.69 Å². The fraction of sp³-hybridized carbons (Fsp3) is 0.200. The lowest BCUT2D eigenvalue weighted by Gasteiger charge is -1.99. The van der Waals surface area contributed by atoms with Gasteiger partial charge in [0.15, 0.2) is 0 Å². The highest BCUT2D eigenvalue weighted by molar-refractivity contribution is 9.10. The Morgan fingerprint density at radius 1 is 1.60 bits per heavy atom. The number of rotatable bonds is 3. The lowest BCUT2D eigenvalue weighted by Crippen LogP contribution is -1.90. The first-order valence-electron chi connectivity index (χ1n) is 4.21. The maximum absolute atomic E-state index is 10.7. The quantitative estimate of drug-likeness (QED) is 0.473. The summed E-state index contributed by atoms with van der Waals surface area (Å²) in [7, 11) is 0. The summed E-state index contributed by atoms with van der Waals surface area (Å²) in [5.74, 6) is 0. The minimum atomic E-state index is -0.398. The Labute approximate surface area is 105 Å². The van der Waals surface area contributed by atoms with Crippen LogP contribution in [0.15, 0.2) is 28.2 Å². The van der Waals surface area contributed by atoms with Crippen molar-refractivity contribution in [3.63, 3.8) is 0 Å². The van der Waals surface area contributed by atoms with Crippen molar-refractivity contribution in [2.24, 2.45) is 0 Å². The number of nitrogens with zero attached hydrogens (tertiary/aromatic N) is 1. The second-order valence-corrected chi connectivity index (χ2v) is 4.51. The third-order valence-corrected chi connectivity index (χ3v) is 3.35. The Kier molecular flexibility index (Phi) is 4.47. The van der Waals surface area contributed by atoms with Crippen molar-refractivity contribution in [3.8, 4) is 0 Å². The van der Waals surface area contributed by atoms with E-state index >= 15 is 0 Å². The van der Waals surface area contributed by atoms with Gasteiger partial charge in [0.05, 0.1) is 9.40 Å². The van der Waals surface area contributed by atoms with E-state index in [0.717, 1.165) is 16.5 Å². The molecule has 1 aromatic carbocycles. The summed E-state index contributed by atoms with van der Waals surface area (Å²) in [6, 6.07) is 5.07. The summed E-state index contributed by atoms with van der Waals surface area (Å²) in [5.41, 5.74) is 2.04. The maximum atomic E-state index is 10.7. The summed E-state index contributed by atoms with van der Waals surface area (Å²) in [6.07, 6.45) is 1.91. The summed E-state index contributed by atoms with van der Waals surface area (Å²) in [6.45, 7) is 1.96. The van der Waals surface area contributed by atoms with E-state index in [1.54, 1.807) is 12.1 Å². The second kappa shape index (κ2) is 5.42. The lowest BCUT2D eigenvalue weighted by atomic mass is 10.1. The van der Waals surface area contributed by atoms with Crippen molar-refractivity contribution in [1.29, 1.82) is 0 Å². The van der Waals surface area contributed by atoms with Crippen molar-refractivity contribution < 1.29 is 4.92 Å². The van der Waals surface area contributed by atoms with Crippen molar-refractivity contribution in [3.05, 3.63) is 43.9 Å². The average molecular weight is 335 g/mol. The van der Waals surface area contributed by atoms with Gasteiger partial charge in [-0.15, -0.1) is 0 Å². The molecule has 0 aliphatic rings. The third kappa shape index (κ3) is 3.43. The van der Waals surface area contributed by atoms with E-state index in [9.17, 15) is 10.1 Å². The number of nitro groups is 1. The van der Waals surface area contributed by atoms with Gasteiger partial charge in [-0.25, -0.2) is 0 Å². The molecule has 0 saturated carbocycles. The normalized spacial score (nSPS) is 11.5. The molecule has 0 amide bonds. The van der Waals surface area contributed by atoms with Crippen LogP contribution in [0.25, 0.3) is 6.08 Å². The van der Waals surface area contributed by atoms with Gasteiger partial charge in [0, 0.05) is 11.4 Å². The number of benzene rings is 1. The number of allylic oxidation sites excluding steroid dienone is 1. The van der Waals surface area contributed by atoms with E-state index in [2.05, 4.69) is 31.9 Å². The molecule has 1 rings (SSSR count). The van der Waals surface area contributed by atoms with E-state index in [1.165, 1.54) is 0 Å². The molecule has 1 aromatic rings. The number of hydrogen-bond acceptors (Lipinski definition) is 2. The molecule has 0 atom stereocenters. The zero-order valence-electron chi connectivity index (χ0n) is 8.04. The summed E-state index contributed by atoms with van der Waals surface area (Å²) >= 11 is 6.47. The fourth-order valence-electron chi connectivity index (χ4n) is 1.08. The number of hydrogen-bond donors (Lipinski definition) is 0. The summed E-state index contributed by atoms with van der Waals surface area (Å²) < 4.78 is 0.501. The SMILES string of the molecule is CC(=Cc1ccc(Br)c([N+](=O)[O-])c1)CBr. The molecular weight excluding hydrogens is 326 g/mol. The van der Waals surface area contributed by atoms with Crippen LogP contribution < -0.4 is 0 Å². The van der Waals surface area contributed by atoms with Crippen molar-refractivity contribution in [2.75, 3.05) is 5.33 Å². The van der Waals surface area contributed by atoms with Crippen LogP contribution in [0.2, 0.25) is 0 Å². The molecule has 5 heteroatoms. The highest BCUT2D eigenvalue weighted by atomic mass is 79.9. The molecule has 0 saturated heterocycles. The fourth-order valence-corrected chi connectivity index (χ4v) is 1.64. The van der Waals surface area contributed by atoms with Crippen molar-refractivity contribution >= 4 is 43.6 Å². The molecule has 80 valence electrons. The van der Waals surface area contributed by atoms with Crippen LogP contribution in [0.5, 0.6) is 0 Å². The van der Waals surface area contributed by atoms with Gasteiger partial charge in [-0.1, -0.05) is 33.6 Å². The Hall–Kier alpha value is -0.680. The van der Waals surface area contributed by atoms with Crippen LogP contribution in [-0.4, -0.2) is 10.3 Å². The van der Waals surface area contributed by atoms with Gasteiger partial charge in [0.1, 0.15) is 0 Å². The van der Waals surface area contributed by atoms with Crippen LogP contribution in [0, 0.1) is 10.1 Å². The van der Waals surface area contributed by atoms with Crippen LogP contribution >= 0.6 is 31.9 Å². The van der Waals surface area contributed by atoms with E-state index in [1.807, 2.05) is 19.1 Å². The van der Waals surface area contributed by atoms with Crippen molar-refractivity contribution in [1.82, 2.24) is 0 Å². The topological polar surface area (TPSA) is 43.1 Å². The Bertz CT molecular complexity index is 416. The largest absolute Gasteiger partial charge is 0.284 e. The predicted molar refractivity (Wildman–Crippen MR) is 68.2 cm³/mol. The predicted octanol–water partition coefficient (Wildman–Crippen LogP) is 4.16. The van der Waals surface area contributed by atoms with Crippen LogP contribution in [-0.2, 0) is 0 Å². The maximum Gasteiger partial charge on any atom is 0.284 e. The molecule has 0 N–H and O–H groups in total. The first-order valence-corrected chi connectivity index (χ1v) is 6.13. The molecule has 0 fully saturated rings. The van der Waals surface area contributed by atoms with Gasteiger partial charge in [0.2, 0.25) is 0 Å². The van der Waals surface area contributed by atoms with Gasteiger partial charge in [-0.2, -0.15) is 0 Å². The Balaban J connectivity index is 3.13. The molecule has 15 heavy (non-hydrogen) atoms. The molecule has 0 radical (unpaired) electrons. The van der Waals surface area contributed by atoms with E-state index in [-0.39, 0.29) is 5.69 Å². The Morgan fingerprint density at radius 3 is 2.80 bits per heavy atom. The first-order chi connectivity index (χ1) is 7.04. The smallest absolute Gasteiger partial charge is 0.258 e. The summed E-state index contributed by atoms with van der Waals surface area (Å²) in [5, 5.41) is 11.4. The molecule has 0 unspecified atom stereocenters. The molecule has 0 aromatic heterocycles. The number of nitro benzene ring substituents is 1. The average Bonchev–Trinajstić information content (AvgIpc) is 2.20. The number of halogens is 2. The standard InChI is InChI=1S/C10H9Br2NO2/c1-7(6-11)4-8-2-3-9(12)10(5-8)13(14)15/h2-5H,6H2,1H3. The monoisotopic (exact) mass is 333 g/mol. The summed E-state index contributed by atoms with van der Waals surface area (Å²) in [4.78, 5) is 10.3. The van der Waals surface area contributed by atoms with Gasteiger partial charge in [-0.05, 0) is 34.5 Å². The molecule has 0 heterocycles. The van der Waals surface area contributed by atoms with Crippen LogP contribution in [0.3, 0.4) is 0 Å². The van der Waals surface area contributed by atoms with Gasteiger partial charge < -0.3 is 0 Å². The molecule has 0 aliphatic carbocycles. The second-order valence-electron chi connectivity index (χ2n) is 3.09. The molecular formula is C10H9Br2NO2. The van der Waals surface area contributed by atoms with Gasteiger partial charge in [-0.3, -0.25) is 10.1 Å². The molecule has 0 spiro atoms. The zero-order chi connectivity index (χ0) is 11.4. The highest BCUT2D eigenvalue weighted by Gasteiger charge is 2.11. The van der Waals surface area contributed by atoms with E-state index in [0.29, 0.717) is 4.47 Å². The minimum Gasteiger partial charge on any atom is -0.258 e. The molecule has 0 bridgehead atoms. The van der Waals surface area contributed by atoms with E-state index in [4.69, 9.17) is 0 Å². The Morgan fingerprint density at radius 2 is 2.27 bits per heavy atom. The van der Waals surface area contributed by atoms with Gasteiger partial charge in [0.25, 0.3) is 5.69 Å². The highest BCUT2D eigenvalue weighted by Crippen LogP contribution is 2.26. The zero-order valence-corrected chi connectivity index (χ0v) is 11.2. The third-order valence-electron chi connectivity index (χ3n) is 1.79. The lowest BCUT2D eigenvalue weighted by molar-refractivity contribution is -0.385. The molecule has 0 aliphatic heterocycles. The van der Waals surface area contributed by atoms with Crippen LogP contribution in [0.1, 0.15) is 12.5 Å². The first kappa shape index (κ1) is 12.4. The minimum absolute atomic E-state index is 0.0890. The molecule has 3 nitrogen and oxygen atoms in total. The van der Waals surface area contributed by atoms with Crippen molar-refractivity contribution in [2.45, 2.75) is 6.92 Å².